The fraction of sp³-hybridized carbons (Fsp3) is 0.111. The zero-order valence-corrected chi connectivity index (χ0v) is 13.3. The number of aryl methyl sites for hydroxylation is 2. The van der Waals surface area contributed by atoms with Crippen molar-refractivity contribution < 1.29 is 17.0 Å². The molecule has 0 atom stereocenters. The van der Waals surface area contributed by atoms with Gasteiger partial charge in [0.05, 0.1) is 0 Å². The number of benzene rings is 2. The molecule has 0 fully saturated rings. The summed E-state index contributed by atoms with van der Waals surface area (Å²) < 4.78 is 3.47. The third-order valence-corrected chi connectivity index (χ3v) is 3.53. The molecular formula is C18H17ClN2O. The molecule has 0 unspecified atom stereocenters. The van der Waals surface area contributed by atoms with E-state index in [2.05, 4.69) is 0 Å². The van der Waals surface area contributed by atoms with Crippen molar-refractivity contribution in [3.05, 3.63) is 88.6 Å². The molecule has 3 aromatic rings. The van der Waals surface area contributed by atoms with Crippen molar-refractivity contribution in [3.8, 4) is 11.4 Å². The molecule has 0 aliphatic heterocycles. The van der Waals surface area contributed by atoms with Crippen molar-refractivity contribution in [1.82, 2.24) is 4.57 Å². The second kappa shape index (κ2) is 6.58. The Bertz CT molecular complexity index is 760. The summed E-state index contributed by atoms with van der Waals surface area (Å²) in [6, 6.07) is 21.5. The molecule has 0 aliphatic rings. The lowest BCUT2D eigenvalue weighted by Gasteiger charge is -2.08. The lowest BCUT2D eigenvalue weighted by atomic mass is 10.2. The van der Waals surface area contributed by atoms with Gasteiger partial charge in [-0.3, -0.25) is 0 Å². The fourth-order valence-electron chi connectivity index (χ4n) is 2.62. The van der Waals surface area contributed by atoms with E-state index in [-0.39, 0.29) is 18.1 Å². The molecule has 0 N–H and O–H groups in total. The Kier molecular flexibility index (Phi) is 4.78. The zero-order chi connectivity index (χ0) is 14.8. The van der Waals surface area contributed by atoms with E-state index in [0.29, 0.717) is 0 Å². The first-order chi connectivity index (χ1) is 10.2. The summed E-state index contributed by atoms with van der Waals surface area (Å²) in [7, 11) is 0. The standard InChI is InChI=1S/C18H17N2O.ClH/c1-14-13-15(2)20(17-11-7-4-8-12-17)18(21)19(14)16-9-5-3-6-10-16;/h3-13H,1-2H3;1H/q+1;/p-1. The van der Waals surface area contributed by atoms with Crippen LogP contribution in [0.3, 0.4) is 0 Å². The number of nitrogens with zero attached hydrogens (tertiary/aromatic N) is 2. The molecule has 3 nitrogen and oxygen atoms in total. The Hall–Kier alpha value is -2.39. The predicted octanol–water partition coefficient (Wildman–Crippen LogP) is -0.265. The highest BCUT2D eigenvalue weighted by atomic mass is 35.5. The van der Waals surface area contributed by atoms with Gasteiger partial charge in [-0.1, -0.05) is 36.4 Å². The molecule has 1 heterocycles. The van der Waals surface area contributed by atoms with Crippen LogP contribution in [0.1, 0.15) is 11.4 Å². The van der Waals surface area contributed by atoms with Gasteiger partial charge in [-0.2, -0.15) is 13.9 Å². The summed E-state index contributed by atoms with van der Waals surface area (Å²) >= 11 is 0. The second-order valence-electron chi connectivity index (χ2n) is 5.05. The van der Waals surface area contributed by atoms with E-state index in [1.165, 1.54) is 0 Å². The van der Waals surface area contributed by atoms with Gasteiger partial charge in [0.1, 0.15) is 22.8 Å². The molecule has 1 aromatic heterocycles. The normalized spacial score (nSPS) is 10.1. The van der Waals surface area contributed by atoms with E-state index in [9.17, 15) is 4.79 Å². The molecule has 0 saturated carbocycles. The molecule has 0 amide bonds. The van der Waals surface area contributed by atoms with Crippen LogP contribution < -0.4 is 22.7 Å². The molecule has 0 bridgehead atoms. The number of aromatic nitrogens is 2. The average molecular weight is 313 g/mol. The van der Waals surface area contributed by atoms with E-state index < -0.39 is 0 Å². The van der Waals surface area contributed by atoms with E-state index in [4.69, 9.17) is 0 Å². The summed E-state index contributed by atoms with van der Waals surface area (Å²) in [5, 5.41) is 0. The van der Waals surface area contributed by atoms with Gasteiger partial charge in [-0.25, -0.2) is 0 Å². The third-order valence-electron chi connectivity index (χ3n) is 3.53. The van der Waals surface area contributed by atoms with Crippen molar-refractivity contribution in [1.29, 1.82) is 0 Å². The number of para-hydroxylation sites is 2. The van der Waals surface area contributed by atoms with Gasteiger partial charge in [0.2, 0.25) is 0 Å². The molecule has 0 aliphatic carbocycles. The lowest BCUT2D eigenvalue weighted by Crippen LogP contribution is -3.00. The summed E-state index contributed by atoms with van der Waals surface area (Å²) in [6.45, 7) is 3.91. The largest absolute Gasteiger partial charge is 1.00 e. The maximum atomic E-state index is 12.9. The van der Waals surface area contributed by atoms with Gasteiger partial charge in [-0.05, 0) is 38.1 Å². The average Bonchev–Trinajstić information content (AvgIpc) is 2.49. The summed E-state index contributed by atoms with van der Waals surface area (Å²) in [4.78, 5) is 12.9. The van der Waals surface area contributed by atoms with Crippen LogP contribution in [0.15, 0.2) is 71.5 Å². The van der Waals surface area contributed by atoms with Crippen LogP contribution >= 0.6 is 0 Å². The van der Waals surface area contributed by atoms with Gasteiger partial charge >= 0.3 is 5.69 Å². The zero-order valence-electron chi connectivity index (χ0n) is 12.5. The SMILES string of the molecule is Cc1cc(C)[n+](-c2ccccc2)c(=O)n1-c1ccccc1.[Cl-]. The predicted molar refractivity (Wildman–Crippen MR) is 83.0 cm³/mol. The van der Waals surface area contributed by atoms with E-state index in [1.807, 2.05) is 80.6 Å². The Labute approximate surface area is 135 Å². The van der Waals surface area contributed by atoms with Crippen LogP contribution in [0.2, 0.25) is 0 Å². The number of rotatable bonds is 2. The monoisotopic (exact) mass is 312 g/mol. The molecule has 0 radical (unpaired) electrons. The van der Waals surface area contributed by atoms with Crippen molar-refractivity contribution in [3.63, 3.8) is 0 Å². The molecule has 4 heteroatoms. The van der Waals surface area contributed by atoms with Gasteiger partial charge in [0.15, 0.2) is 0 Å². The lowest BCUT2D eigenvalue weighted by molar-refractivity contribution is -0.623. The van der Waals surface area contributed by atoms with Crippen LogP contribution in [-0.2, 0) is 0 Å². The van der Waals surface area contributed by atoms with Crippen LogP contribution in [0, 0.1) is 13.8 Å². The van der Waals surface area contributed by atoms with Crippen LogP contribution in [0.5, 0.6) is 0 Å². The quantitative estimate of drug-likeness (QED) is 0.599. The number of hydrogen-bond acceptors (Lipinski definition) is 1. The molecule has 2 aromatic carbocycles. The summed E-state index contributed by atoms with van der Waals surface area (Å²) in [6.07, 6.45) is 0. The number of halogens is 1. The molecule has 0 saturated heterocycles. The summed E-state index contributed by atoms with van der Waals surface area (Å²) in [5.74, 6) is 0. The Morgan fingerprint density at radius 2 is 1.41 bits per heavy atom. The van der Waals surface area contributed by atoms with Gasteiger partial charge in [0, 0.05) is 6.07 Å². The first-order valence-electron chi connectivity index (χ1n) is 6.94. The minimum absolute atomic E-state index is 0. The fourth-order valence-corrected chi connectivity index (χ4v) is 2.62. The van der Waals surface area contributed by atoms with Crippen molar-refractivity contribution >= 4 is 0 Å². The highest BCUT2D eigenvalue weighted by molar-refractivity contribution is 5.33. The Balaban J connectivity index is 0.00000176. The van der Waals surface area contributed by atoms with Crippen LogP contribution in [0.4, 0.5) is 0 Å². The minimum Gasteiger partial charge on any atom is -1.00 e. The highest BCUT2D eigenvalue weighted by Gasteiger charge is 2.20. The first-order valence-corrected chi connectivity index (χ1v) is 6.94. The van der Waals surface area contributed by atoms with Gasteiger partial charge in [0.25, 0.3) is 0 Å². The topological polar surface area (TPSA) is 25.9 Å². The first kappa shape index (κ1) is 16.0. The molecular weight excluding hydrogens is 296 g/mol. The molecule has 0 spiro atoms. The van der Waals surface area contributed by atoms with Gasteiger partial charge in [-0.15, -0.1) is 0 Å². The smallest absolute Gasteiger partial charge is 0.508 e. The maximum Gasteiger partial charge on any atom is 0.508 e. The molecule has 112 valence electrons. The Morgan fingerprint density at radius 1 is 0.864 bits per heavy atom. The van der Waals surface area contributed by atoms with Gasteiger partial charge < -0.3 is 12.4 Å². The van der Waals surface area contributed by atoms with E-state index in [1.54, 1.807) is 9.13 Å². The number of hydrogen-bond donors (Lipinski definition) is 0. The summed E-state index contributed by atoms with van der Waals surface area (Å²) in [5.41, 5.74) is 3.56. The second-order valence-corrected chi connectivity index (χ2v) is 5.05. The minimum atomic E-state index is -0.0510. The van der Waals surface area contributed by atoms with Crippen molar-refractivity contribution in [2.45, 2.75) is 13.8 Å². The molecule has 3 rings (SSSR count). The van der Waals surface area contributed by atoms with E-state index in [0.717, 1.165) is 22.8 Å². The molecule has 22 heavy (non-hydrogen) atoms. The highest BCUT2D eigenvalue weighted by Crippen LogP contribution is 2.08. The Morgan fingerprint density at radius 3 is 2.00 bits per heavy atom. The van der Waals surface area contributed by atoms with Crippen LogP contribution in [0.25, 0.3) is 11.4 Å². The third kappa shape index (κ3) is 2.81. The van der Waals surface area contributed by atoms with E-state index >= 15 is 0 Å². The van der Waals surface area contributed by atoms with Crippen molar-refractivity contribution in [2.24, 2.45) is 0 Å². The van der Waals surface area contributed by atoms with Crippen molar-refractivity contribution in [2.75, 3.05) is 0 Å². The van der Waals surface area contributed by atoms with Crippen LogP contribution in [-0.4, -0.2) is 4.57 Å². The maximum absolute atomic E-state index is 12.9.